The summed E-state index contributed by atoms with van der Waals surface area (Å²) in [5, 5.41) is 12.3. The molecule has 1 amide bonds. The first-order chi connectivity index (χ1) is 8.05. The largest absolute Gasteiger partial charge is 0.396 e. The van der Waals surface area contributed by atoms with Crippen molar-refractivity contribution >= 4 is 5.91 Å². The van der Waals surface area contributed by atoms with E-state index in [2.05, 4.69) is 5.32 Å². The van der Waals surface area contributed by atoms with Gasteiger partial charge in [0.2, 0.25) is 5.91 Å². The highest BCUT2D eigenvalue weighted by Crippen LogP contribution is 2.12. The van der Waals surface area contributed by atoms with Gasteiger partial charge < -0.3 is 15.3 Å². The summed E-state index contributed by atoms with van der Waals surface area (Å²) in [6.07, 6.45) is 4.76. The Morgan fingerprint density at radius 3 is 2.35 bits per heavy atom. The van der Waals surface area contributed by atoms with Crippen LogP contribution in [-0.2, 0) is 4.79 Å². The number of carbonyl (C=O) groups is 1. The minimum atomic E-state index is -0.154. The third-order valence-corrected chi connectivity index (χ3v) is 3.27. The number of hydrogen-bond donors (Lipinski definition) is 2. The van der Waals surface area contributed by atoms with Gasteiger partial charge in [0.25, 0.3) is 0 Å². The van der Waals surface area contributed by atoms with Crippen LogP contribution in [0, 0.1) is 5.41 Å². The lowest BCUT2D eigenvalue weighted by atomic mass is 9.95. The number of rotatable bonds is 5. The second kappa shape index (κ2) is 6.97. The smallest absolute Gasteiger partial charge is 0.236 e. The second-order valence-electron chi connectivity index (χ2n) is 5.72. The Labute approximate surface area is 104 Å². The summed E-state index contributed by atoms with van der Waals surface area (Å²) in [4.78, 5) is 13.9. The summed E-state index contributed by atoms with van der Waals surface area (Å²) in [5.41, 5.74) is -0.154. The molecule has 1 aliphatic rings. The van der Waals surface area contributed by atoms with Gasteiger partial charge in [-0.2, -0.15) is 0 Å². The van der Waals surface area contributed by atoms with Crippen LogP contribution < -0.4 is 5.32 Å². The Bertz CT molecular complexity index is 234. The van der Waals surface area contributed by atoms with Crippen LogP contribution in [-0.4, -0.2) is 48.7 Å². The minimum absolute atomic E-state index is 0.137. The van der Waals surface area contributed by atoms with Crippen molar-refractivity contribution in [2.24, 2.45) is 5.41 Å². The van der Waals surface area contributed by atoms with Gasteiger partial charge in [-0.1, -0.05) is 26.7 Å². The second-order valence-corrected chi connectivity index (χ2v) is 5.72. The molecule has 0 spiro atoms. The van der Waals surface area contributed by atoms with E-state index in [0.29, 0.717) is 13.1 Å². The molecule has 1 fully saturated rings. The molecule has 1 saturated heterocycles. The van der Waals surface area contributed by atoms with Crippen LogP contribution in [0.5, 0.6) is 0 Å². The number of likely N-dealkylation sites (tertiary alicyclic amines) is 1. The molecule has 1 heterocycles. The molecule has 0 unspecified atom stereocenters. The molecule has 0 aliphatic carbocycles. The molecule has 0 bridgehead atoms. The van der Waals surface area contributed by atoms with Gasteiger partial charge in [-0.05, 0) is 12.8 Å². The van der Waals surface area contributed by atoms with Crippen LogP contribution in [0.4, 0.5) is 0 Å². The number of aliphatic hydroxyl groups excluding tert-OH is 1. The Hall–Kier alpha value is -0.610. The number of amides is 1. The molecule has 0 aromatic heterocycles. The third kappa shape index (κ3) is 5.50. The highest BCUT2D eigenvalue weighted by atomic mass is 16.3. The highest BCUT2D eigenvalue weighted by molar-refractivity contribution is 5.78. The summed E-state index contributed by atoms with van der Waals surface area (Å²) in [5.74, 6) is 0.195. The van der Waals surface area contributed by atoms with Crippen molar-refractivity contribution in [1.29, 1.82) is 0 Å². The molecule has 0 saturated carbocycles. The van der Waals surface area contributed by atoms with E-state index < -0.39 is 0 Å². The van der Waals surface area contributed by atoms with E-state index >= 15 is 0 Å². The van der Waals surface area contributed by atoms with Crippen LogP contribution in [0.25, 0.3) is 0 Å². The molecular weight excluding hydrogens is 216 g/mol. The molecule has 0 atom stereocenters. The maximum Gasteiger partial charge on any atom is 0.236 e. The van der Waals surface area contributed by atoms with E-state index in [4.69, 9.17) is 5.11 Å². The van der Waals surface area contributed by atoms with Crippen molar-refractivity contribution in [3.8, 4) is 0 Å². The first-order valence-corrected chi connectivity index (χ1v) is 6.64. The van der Waals surface area contributed by atoms with E-state index in [1.54, 1.807) is 0 Å². The molecule has 17 heavy (non-hydrogen) atoms. The zero-order valence-corrected chi connectivity index (χ0v) is 11.2. The molecule has 0 radical (unpaired) electrons. The Morgan fingerprint density at radius 2 is 1.82 bits per heavy atom. The topological polar surface area (TPSA) is 52.6 Å². The fraction of sp³-hybridized carbons (Fsp3) is 0.923. The molecule has 0 aromatic rings. The van der Waals surface area contributed by atoms with E-state index in [1.807, 2.05) is 18.7 Å². The average molecular weight is 242 g/mol. The zero-order valence-electron chi connectivity index (χ0n) is 11.2. The SMILES string of the molecule is CC(C)(CO)CNCC(=O)N1CCCCCC1. The van der Waals surface area contributed by atoms with Crippen LogP contribution in [0.2, 0.25) is 0 Å². The maximum absolute atomic E-state index is 11.9. The summed E-state index contributed by atoms with van der Waals surface area (Å²) >= 11 is 0. The Kier molecular flexibility index (Phi) is 5.92. The fourth-order valence-electron chi connectivity index (χ4n) is 2.00. The molecule has 1 rings (SSSR count). The minimum Gasteiger partial charge on any atom is -0.396 e. The van der Waals surface area contributed by atoms with Gasteiger partial charge in [0.15, 0.2) is 0 Å². The van der Waals surface area contributed by atoms with Crippen molar-refractivity contribution < 1.29 is 9.90 Å². The molecule has 2 N–H and O–H groups in total. The number of hydrogen-bond acceptors (Lipinski definition) is 3. The van der Waals surface area contributed by atoms with Gasteiger partial charge in [-0.15, -0.1) is 0 Å². The standard InChI is InChI=1S/C13H26N2O2/c1-13(2,11-16)10-14-9-12(17)15-7-5-3-4-6-8-15/h14,16H,3-11H2,1-2H3. The monoisotopic (exact) mass is 242 g/mol. The number of nitrogens with zero attached hydrogens (tertiary/aromatic N) is 1. The van der Waals surface area contributed by atoms with Crippen LogP contribution >= 0.6 is 0 Å². The first kappa shape index (κ1) is 14.5. The fourth-order valence-corrected chi connectivity index (χ4v) is 2.00. The van der Waals surface area contributed by atoms with Crippen molar-refractivity contribution in [3.63, 3.8) is 0 Å². The van der Waals surface area contributed by atoms with E-state index in [9.17, 15) is 4.79 Å². The van der Waals surface area contributed by atoms with E-state index in [1.165, 1.54) is 12.8 Å². The molecule has 4 heteroatoms. The van der Waals surface area contributed by atoms with Crippen LogP contribution in [0.15, 0.2) is 0 Å². The van der Waals surface area contributed by atoms with Crippen molar-refractivity contribution in [3.05, 3.63) is 0 Å². The van der Waals surface area contributed by atoms with Gasteiger partial charge in [0.05, 0.1) is 6.54 Å². The highest BCUT2D eigenvalue weighted by Gasteiger charge is 2.18. The van der Waals surface area contributed by atoms with Crippen molar-refractivity contribution in [2.45, 2.75) is 39.5 Å². The molecule has 100 valence electrons. The Morgan fingerprint density at radius 1 is 1.24 bits per heavy atom. The van der Waals surface area contributed by atoms with Crippen LogP contribution in [0.1, 0.15) is 39.5 Å². The molecular formula is C13H26N2O2. The average Bonchev–Trinajstić information content (AvgIpc) is 2.57. The van der Waals surface area contributed by atoms with Gasteiger partial charge in [0, 0.05) is 31.7 Å². The van der Waals surface area contributed by atoms with Crippen molar-refractivity contribution in [2.75, 3.05) is 32.8 Å². The number of aliphatic hydroxyl groups is 1. The molecule has 1 aliphatic heterocycles. The quantitative estimate of drug-likeness (QED) is 0.756. The summed E-state index contributed by atoms with van der Waals surface area (Å²) < 4.78 is 0. The zero-order chi connectivity index (χ0) is 12.7. The summed E-state index contributed by atoms with van der Waals surface area (Å²) in [6, 6.07) is 0. The lowest BCUT2D eigenvalue weighted by molar-refractivity contribution is -0.130. The van der Waals surface area contributed by atoms with Gasteiger partial charge in [-0.25, -0.2) is 0 Å². The lowest BCUT2D eigenvalue weighted by Crippen LogP contribution is -2.42. The molecule has 0 aromatic carbocycles. The van der Waals surface area contributed by atoms with Gasteiger partial charge >= 0.3 is 0 Å². The van der Waals surface area contributed by atoms with Gasteiger partial charge in [-0.3, -0.25) is 4.79 Å². The third-order valence-electron chi connectivity index (χ3n) is 3.27. The number of carbonyl (C=O) groups excluding carboxylic acids is 1. The predicted molar refractivity (Wildman–Crippen MR) is 68.8 cm³/mol. The van der Waals surface area contributed by atoms with Gasteiger partial charge in [0.1, 0.15) is 0 Å². The summed E-state index contributed by atoms with van der Waals surface area (Å²) in [6.45, 7) is 6.98. The first-order valence-electron chi connectivity index (χ1n) is 6.64. The van der Waals surface area contributed by atoms with Crippen molar-refractivity contribution in [1.82, 2.24) is 10.2 Å². The maximum atomic E-state index is 11.9. The Balaban J connectivity index is 2.24. The lowest BCUT2D eigenvalue weighted by Gasteiger charge is -2.24. The molecule has 4 nitrogen and oxygen atoms in total. The van der Waals surface area contributed by atoms with Crippen LogP contribution in [0.3, 0.4) is 0 Å². The van der Waals surface area contributed by atoms with E-state index in [0.717, 1.165) is 25.9 Å². The van der Waals surface area contributed by atoms with E-state index in [-0.39, 0.29) is 17.9 Å². The predicted octanol–water partition coefficient (Wildman–Crippen LogP) is 0.997. The number of nitrogens with one attached hydrogen (secondary N) is 1. The normalized spacial score (nSPS) is 17.9. The summed E-state index contributed by atoms with van der Waals surface area (Å²) in [7, 11) is 0.